The highest BCUT2D eigenvalue weighted by Crippen LogP contribution is 2.31. The molecule has 1 fully saturated rings. The summed E-state index contributed by atoms with van der Waals surface area (Å²) in [7, 11) is 4.67. The van der Waals surface area contributed by atoms with Crippen LogP contribution in [0, 0.1) is 0 Å². The number of hydrogen-bond donors (Lipinski definition) is 1. The van der Waals surface area contributed by atoms with Crippen LogP contribution in [0.1, 0.15) is 39.0 Å². The zero-order chi connectivity index (χ0) is 27.1. The van der Waals surface area contributed by atoms with Crippen LogP contribution in [-0.2, 0) is 16.1 Å². The number of benzene rings is 2. The zero-order valence-electron chi connectivity index (χ0n) is 22.2. The third kappa shape index (κ3) is 6.04. The van der Waals surface area contributed by atoms with Crippen LogP contribution in [0.3, 0.4) is 0 Å². The molecule has 11 heteroatoms. The van der Waals surface area contributed by atoms with Crippen molar-refractivity contribution in [1.29, 1.82) is 0 Å². The predicted octanol–water partition coefficient (Wildman–Crippen LogP) is 3.24. The van der Waals surface area contributed by atoms with Crippen LogP contribution >= 0.6 is 0 Å². The second-order valence-electron chi connectivity index (χ2n) is 9.09. The van der Waals surface area contributed by atoms with Crippen LogP contribution in [-0.4, -0.2) is 65.4 Å². The molecule has 202 valence electrons. The topological polar surface area (TPSA) is 121 Å². The van der Waals surface area contributed by atoms with Crippen molar-refractivity contribution in [2.75, 3.05) is 26.2 Å². The number of hydrogen-bond acceptors (Lipinski definition) is 8. The molecule has 1 saturated carbocycles. The van der Waals surface area contributed by atoms with E-state index >= 15 is 0 Å². The Morgan fingerprint density at radius 3 is 2.50 bits per heavy atom. The number of amides is 2. The van der Waals surface area contributed by atoms with Crippen molar-refractivity contribution in [2.45, 2.75) is 57.7 Å². The summed E-state index contributed by atoms with van der Waals surface area (Å²) < 4.78 is 16.0. The van der Waals surface area contributed by atoms with Gasteiger partial charge in [0.2, 0.25) is 11.7 Å². The van der Waals surface area contributed by atoms with E-state index in [2.05, 4.69) is 20.7 Å². The number of aromatic nitrogens is 4. The van der Waals surface area contributed by atoms with E-state index in [1.54, 1.807) is 63.8 Å². The van der Waals surface area contributed by atoms with E-state index in [1.165, 1.54) is 9.70 Å². The first kappa shape index (κ1) is 26.9. The number of carbonyl (C=O) groups excluding carboxylic acids is 2. The number of rotatable bonds is 11. The minimum atomic E-state index is -0.705. The molecule has 1 aliphatic carbocycles. The van der Waals surface area contributed by atoms with Gasteiger partial charge >= 0.3 is 0 Å². The molecule has 3 aromatic rings. The lowest BCUT2D eigenvalue weighted by Crippen LogP contribution is -2.52. The monoisotopic (exact) mass is 522 g/mol. The van der Waals surface area contributed by atoms with Gasteiger partial charge in [-0.3, -0.25) is 14.5 Å². The Labute approximate surface area is 222 Å². The summed E-state index contributed by atoms with van der Waals surface area (Å²) in [6.45, 7) is 1.69. The minimum absolute atomic E-state index is 0.139. The lowest BCUT2D eigenvalue weighted by molar-refractivity contribution is -0.127. The number of nitrogens with zero attached hydrogens (tertiary/aromatic N) is 5. The Kier molecular flexibility index (Phi) is 8.77. The number of anilines is 1. The minimum Gasteiger partial charge on any atom is -0.497 e. The van der Waals surface area contributed by atoms with Gasteiger partial charge in [0.25, 0.3) is 5.91 Å². The van der Waals surface area contributed by atoms with Crippen molar-refractivity contribution in [3.63, 3.8) is 0 Å². The Morgan fingerprint density at radius 2 is 1.82 bits per heavy atom. The van der Waals surface area contributed by atoms with Gasteiger partial charge in [0.15, 0.2) is 11.5 Å². The fraction of sp³-hybridized carbons (Fsp3) is 0.444. The van der Waals surface area contributed by atoms with E-state index in [1.807, 2.05) is 6.92 Å². The van der Waals surface area contributed by atoms with Gasteiger partial charge in [-0.05, 0) is 54.8 Å². The maximum absolute atomic E-state index is 13.7. The van der Waals surface area contributed by atoms with Crippen molar-refractivity contribution < 1.29 is 23.8 Å². The molecule has 1 atom stereocenters. The van der Waals surface area contributed by atoms with Gasteiger partial charge in [-0.15, -0.1) is 10.2 Å². The molecule has 0 saturated heterocycles. The van der Waals surface area contributed by atoms with E-state index in [4.69, 9.17) is 14.2 Å². The quantitative estimate of drug-likeness (QED) is 0.408. The molecule has 4 rings (SSSR count). The third-order valence-electron chi connectivity index (χ3n) is 6.67. The highest BCUT2D eigenvalue weighted by Gasteiger charge is 2.32. The van der Waals surface area contributed by atoms with E-state index < -0.39 is 6.04 Å². The second-order valence-corrected chi connectivity index (χ2v) is 9.09. The summed E-state index contributed by atoms with van der Waals surface area (Å²) in [6.07, 6.45) is 4.54. The summed E-state index contributed by atoms with van der Waals surface area (Å²) >= 11 is 0. The molecule has 38 heavy (non-hydrogen) atoms. The molecule has 0 unspecified atom stereocenters. The van der Waals surface area contributed by atoms with Crippen LogP contribution in [0.2, 0.25) is 0 Å². The lowest BCUT2D eigenvalue weighted by Gasteiger charge is -2.31. The van der Waals surface area contributed by atoms with Crippen molar-refractivity contribution in [3.05, 3.63) is 42.5 Å². The summed E-state index contributed by atoms with van der Waals surface area (Å²) in [5, 5.41) is 15.7. The Bertz CT molecular complexity index is 1260. The van der Waals surface area contributed by atoms with Crippen molar-refractivity contribution in [2.24, 2.45) is 0 Å². The van der Waals surface area contributed by atoms with Crippen LogP contribution in [0.5, 0.6) is 17.2 Å². The molecule has 0 aliphatic heterocycles. The fourth-order valence-corrected chi connectivity index (χ4v) is 4.71. The average Bonchev–Trinajstić information content (AvgIpc) is 3.63. The molecule has 11 nitrogen and oxygen atoms in total. The van der Waals surface area contributed by atoms with Crippen molar-refractivity contribution in [1.82, 2.24) is 25.5 Å². The van der Waals surface area contributed by atoms with Crippen LogP contribution < -0.4 is 24.4 Å². The first-order chi connectivity index (χ1) is 18.5. The number of methoxy groups -OCH3 is 3. The molecule has 0 radical (unpaired) electrons. The molecule has 1 aliphatic rings. The molecule has 0 spiro atoms. The van der Waals surface area contributed by atoms with Gasteiger partial charge < -0.3 is 19.5 Å². The molecule has 0 bridgehead atoms. The SMILES string of the molecule is CC[C@H](C(=O)NC1CCCC1)N(C(=O)Cn1nnc(-c2ccc(OC)c(OC)c2)n1)c1cccc(OC)c1. The predicted molar refractivity (Wildman–Crippen MR) is 141 cm³/mol. The second kappa shape index (κ2) is 12.4. The number of tetrazole rings is 1. The van der Waals surface area contributed by atoms with Gasteiger partial charge in [-0.25, -0.2) is 0 Å². The maximum Gasteiger partial charge on any atom is 0.251 e. The molecular formula is C27H34N6O5. The summed E-state index contributed by atoms with van der Waals surface area (Å²) in [6, 6.07) is 11.8. The molecule has 1 aromatic heterocycles. The fourth-order valence-electron chi connectivity index (χ4n) is 4.71. The summed E-state index contributed by atoms with van der Waals surface area (Å²) in [4.78, 5) is 29.8. The molecule has 2 amide bonds. The average molecular weight is 523 g/mol. The van der Waals surface area contributed by atoms with E-state index in [-0.39, 0.29) is 24.4 Å². The molecule has 2 aromatic carbocycles. The highest BCUT2D eigenvalue weighted by molar-refractivity contribution is 6.00. The van der Waals surface area contributed by atoms with Gasteiger partial charge in [0, 0.05) is 23.4 Å². The van der Waals surface area contributed by atoms with Gasteiger partial charge in [-0.1, -0.05) is 25.8 Å². The van der Waals surface area contributed by atoms with Gasteiger partial charge in [0.05, 0.1) is 21.3 Å². The number of nitrogens with one attached hydrogen (secondary N) is 1. The van der Waals surface area contributed by atoms with Crippen LogP contribution in [0.25, 0.3) is 11.4 Å². The van der Waals surface area contributed by atoms with Crippen LogP contribution in [0.4, 0.5) is 5.69 Å². The summed E-state index contributed by atoms with van der Waals surface area (Å²) in [5.41, 5.74) is 1.22. The number of ether oxygens (including phenoxy) is 3. The number of carbonyl (C=O) groups is 2. The molecule has 1 heterocycles. The highest BCUT2D eigenvalue weighted by atomic mass is 16.5. The normalized spacial score (nSPS) is 14.1. The first-order valence-electron chi connectivity index (χ1n) is 12.7. The van der Waals surface area contributed by atoms with Gasteiger partial charge in [-0.2, -0.15) is 4.80 Å². The van der Waals surface area contributed by atoms with Crippen molar-refractivity contribution in [3.8, 4) is 28.6 Å². The Hall–Kier alpha value is -4.15. The Morgan fingerprint density at radius 1 is 1.05 bits per heavy atom. The smallest absolute Gasteiger partial charge is 0.251 e. The lowest BCUT2D eigenvalue weighted by atomic mass is 10.1. The summed E-state index contributed by atoms with van der Waals surface area (Å²) in [5.74, 6) is 1.50. The molecule has 1 N–H and O–H groups in total. The Balaban J connectivity index is 1.59. The standard InChI is InChI=1S/C27H34N6O5/c1-5-22(27(35)28-19-9-6-7-10-19)33(20-11-8-12-21(16-20)36-2)25(34)17-32-30-26(29-31-32)18-13-14-23(37-3)24(15-18)38-4/h8,11-16,19,22H,5-7,9-10,17H2,1-4H3,(H,28,35)/t22-/m1/s1. The maximum atomic E-state index is 13.7. The zero-order valence-corrected chi connectivity index (χ0v) is 22.2. The largest absolute Gasteiger partial charge is 0.497 e. The van der Waals surface area contributed by atoms with E-state index in [0.29, 0.717) is 40.7 Å². The first-order valence-corrected chi connectivity index (χ1v) is 12.7. The van der Waals surface area contributed by atoms with E-state index in [9.17, 15) is 9.59 Å². The molecular weight excluding hydrogens is 488 g/mol. The van der Waals surface area contributed by atoms with Crippen molar-refractivity contribution >= 4 is 17.5 Å². The van der Waals surface area contributed by atoms with Gasteiger partial charge in [0.1, 0.15) is 18.3 Å². The van der Waals surface area contributed by atoms with E-state index in [0.717, 1.165) is 25.7 Å². The van der Waals surface area contributed by atoms with Crippen LogP contribution in [0.15, 0.2) is 42.5 Å². The third-order valence-corrected chi connectivity index (χ3v) is 6.67.